The molecular formula is C46H58BN3O9S. The second kappa shape index (κ2) is 13.6. The first-order chi connectivity index (χ1) is 28.7. The Morgan fingerprint density at radius 3 is 2.53 bits per heavy atom. The Labute approximate surface area is 358 Å². The quantitative estimate of drug-likeness (QED) is 0.105. The minimum absolute atomic E-state index is 0.0213. The number of allylic oxidation sites excluding steroid dienone is 1. The fourth-order valence-corrected chi connectivity index (χ4v) is 14.9. The zero-order valence-corrected chi connectivity index (χ0v) is 36.8. The fourth-order valence-electron chi connectivity index (χ4n) is 14.7. The number of piperidine rings is 1. The Hall–Kier alpha value is -3.40. The lowest BCUT2D eigenvalue weighted by Crippen LogP contribution is -2.73. The molecule has 0 aromatic heterocycles. The number of benzene rings is 1. The van der Waals surface area contributed by atoms with E-state index in [9.17, 15) is 14.7 Å². The van der Waals surface area contributed by atoms with Crippen LogP contribution in [-0.4, -0.2) is 141 Å². The standard InChI is InChI=1S/C46H58BN3O9S/c1-8-41(54)22-27-23-43(39(52)56-6,36-29(13-17-49(24-27)25-41)30-19-28(60)11-12-33(30)47-36)32-20-31-34(21-35(32)55-5)48(4)46-44(31)15-18-50-16-10-14-42(9-2,37(44)50)38(58-26(3)51)45(46,59-46)40(53)57-7/h10-12,14,19-21,27,32,35,37-38,47,54,60H,8-9,13,15-18,22-25H2,1-7H3/t27-,32?,35?,37+,38-,41+,42-,43+,44-,45+,46+/m1/s1. The molecule has 12 atom stereocenters. The van der Waals surface area contributed by atoms with Crippen LogP contribution in [0.15, 0.2) is 64.1 Å². The molecule has 320 valence electrons. The van der Waals surface area contributed by atoms with Crippen LogP contribution in [0.4, 0.5) is 0 Å². The Kier molecular flexibility index (Phi) is 9.19. The maximum atomic E-state index is 15.5. The smallest absolute Gasteiger partial charge is 0.347 e. The van der Waals surface area contributed by atoms with Crippen LogP contribution >= 0.6 is 12.6 Å². The van der Waals surface area contributed by atoms with Crippen molar-refractivity contribution in [1.82, 2.24) is 14.7 Å². The first-order valence-corrected chi connectivity index (χ1v) is 22.3. The molecule has 14 heteroatoms. The summed E-state index contributed by atoms with van der Waals surface area (Å²) in [6.45, 7) is 9.07. The number of methoxy groups -OCH3 is 3. The molecule has 0 amide bonds. The monoisotopic (exact) mass is 839 g/mol. The summed E-state index contributed by atoms with van der Waals surface area (Å²) in [7, 11) is 7.12. The van der Waals surface area contributed by atoms with Gasteiger partial charge >= 0.3 is 17.9 Å². The largest absolute Gasteiger partial charge is 0.468 e. The molecule has 10 rings (SSSR count). The van der Waals surface area contributed by atoms with E-state index >= 15 is 4.79 Å². The number of hydrogen-bond acceptors (Lipinski definition) is 13. The summed E-state index contributed by atoms with van der Waals surface area (Å²) in [5.41, 5.74) is -0.199. The van der Waals surface area contributed by atoms with Gasteiger partial charge in [-0.25, -0.2) is 4.79 Å². The van der Waals surface area contributed by atoms with Gasteiger partial charge in [0.15, 0.2) is 19.1 Å². The van der Waals surface area contributed by atoms with E-state index in [1.54, 1.807) is 7.11 Å². The number of carbonyl (C=O) groups is 3. The first kappa shape index (κ1) is 40.7. The van der Waals surface area contributed by atoms with Gasteiger partial charge in [-0.15, -0.1) is 12.6 Å². The average Bonchev–Trinajstić information content (AvgIpc) is 3.49. The summed E-state index contributed by atoms with van der Waals surface area (Å²) in [4.78, 5) is 51.0. The van der Waals surface area contributed by atoms with Gasteiger partial charge < -0.3 is 33.7 Å². The van der Waals surface area contributed by atoms with Crippen molar-refractivity contribution in [2.75, 3.05) is 61.1 Å². The lowest BCUT2D eigenvalue weighted by Gasteiger charge is -2.58. The van der Waals surface area contributed by atoms with Crippen LogP contribution in [0.5, 0.6) is 0 Å². The summed E-state index contributed by atoms with van der Waals surface area (Å²) in [5.74, 6) is -1.93. The summed E-state index contributed by atoms with van der Waals surface area (Å²) in [6, 6.07) is 6.08. The maximum Gasteiger partial charge on any atom is 0.347 e. The van der Waals surface area contributed by atoms with E-state index in [2.05, 4.69) is 58.1 Å². The molecule has 7 heterocycles. The zero-order valence-electron chi connectivity index (χ0n) is 35.9. The number of carbonyl (C=O) groups excluding carboxylic acids is 3. The molecule has 2 bridgehead atoms. The average molecular weight is 840 g/mol. The van der Waals surface area contributed by atoms with Crippen molar-refractivity contribution in [2.45, 2.75) is 99.4 Å². The van der Waals surface area contributed by atoms with Crippen LogP contribution in [0.3, 0.4) is 0 Å². The molecule has 3 unspecified atom stereocenters. The predicted octanol–water partition coefficient (Wildman–Crippen LogP) is 3.19. The molecule has 2 aliphatic carbocycles. The van der Waals surface area contributed by atoms with E-state index in [4.69, 9.17) is 36.3 Å². The third-order valence-corrected chi connectivity index (χ3v) is 17.1. The van der Waals surface area contributed by atoms with Gasteiger partial charge in [-0.3, -0.25) is 19.4 Å². The molecule has 5 fully saturated rings. The predicted molar refractivity (Wildman–Crippen MR) is 227 cm³/mol. The SMILES string of the molecule is CC[C@]1(O)C[C@H]2CN(CCC3=C(Bc4ccc(S)cc43)[C@@](C(=O)OC)(C3C=C4C(=CC3OC)N(C)[C@@]35O[C@]3(C(=O)OC)[C@H](OC(C)=O)[C@]3(CC)C=CCN6CC[C@]45[C@@H]63)C2)C1. The Morgan fingerprint density at radius 1 is 1.05 bits per heavy atom. The van der Waals surface area contributed by atoms with E-state index < -0.39 is 63.2 Å². The van der Waals surface area contributed by atoms with Crippen molar-refractivity contribution >= 4 is 48.9 Å². The molecule has 1 aromatic carbocycles. The minimum atomic E-state index is -1.63. The van der Waals surface area contributed by atoms with E-state index in [1.165, 1.54) is 21.1 Å². The Bertz CT molecular complexity index is 2210. The summed E-state index contributed by atoms with van der Waals surface area (Å²) in [6.07, 6.45) is 10.8. The molecule has 60 heavy (non-hydrogen) atoms. The number of rotatable bonds is 7. The van der Waals surface area contributed by atoms with Gasteiger partial charge in [-0.1, -0.05) is 49.1 Å². The molecule has 1 aromatic rings. The molecule has 4 saturated heterocycles. The van der Waals surface area contributed by atoms with Crippen LogP contribution < -0.4 is 5.46 Å². The van der Waals surface area contributed by atoms with Gasteiger partial charge in [0, 0.05) is 75.2 Å². The number of epoxide rings is 1. The van der Waals surface area contributed by atoms with E-state index in [1.807, 2.05) is 20.0 Å². The number of ether oxygens (including phenoxy) is 5. The van der Waals surface area contributed by atoms with Gasteiger partial charge in [0.25, 0.3) is 5.60 Å². The third-order valence-electron chi connectivity index (χ3n) is 16.9. The topological polar surface area (TPSA) is 131 Å². The summed E-state index contributed by atoms with van der Waals surface area (Å²) >= 11 is 4.79. The fraction of sp³-hybridized carbons (Fsp3) is 0.630. The number of likely N-dealkylation sites (tertiary alicyclic amines) is 1. The van der Waals surface area contributed by atoms with Crippen molar-refractivity contribution < 1.29 is 43.2 Å². The number of hydrogen-bond donors (Lipinski definition) is 2. The van der Waals surface area contributed by atoms with Crippen LogP contribution in [0, 0.1) is 28.1 Å². The van der Waals surface area contributed by atoms with Gasteiger partial charge in [0.05, 0.1) is 36.8 Å². The van der Waals surface area contributed by atoms with Crippen LogP contribution in [0.1, 0.15) is 64.9 Å². The van der Waals surface area contributed by atoms with Crippen molar-refractivity contribution in [3.63, 3.8) is 0 Å². The van der Waals surface area contributed by atoms with Crippen LogP contribution in [0.25, 0.3) is 5.57 Å². The number of esters is 3. The van der Waals surface area contributed by atoms with Gasteiger partial charge in [0.1, 0.15) is 0 Å². The molecular weight excluding hydrogens is 781 g/mol. The van der Waals surface area contributed by atoms with Crippen LogP contribution in [-0.2, 0) is 38.1 Å². The van der Waals surface area contributed by atoms with E-state index in [0.29, 0.717) is 58.9 Å². The van der Waals surface area contributed by atoms with Gasteiger partial charge in [-0.05, 0) is 85.9 Å². The number of thiol groups is 1. The number of fused-ring (bicyclic) bond motifs is 5. The summed E-state index contributed by atoms with van der Waals surface area (Å²) < 4.78 is 31.8. The number of nitrogens with zero attached hydrogens (tertiary/aromatic N) is 3. The van der Waals surface area contributed by atoms with Crippen molar-refractivity contribution in [3.05, 3.63) is 64.8 Å². The maximum absolute atomic E-state index is 15.5. The molecule has 12 nitrogen and oxygen atoms in total. The van der Waals surface area contributed by atoms with Gasteiger partial charge in [-0.2, -0.15) is 0 Å². The van der Waals surface area contributed by atoms with E-state index in [0.717, 1.165) is 57.9 Å². The Morgan fingerprint density at radius 2 is 1.83 bits per heavy atom. The number of aliphatic hydroxyl groups is 1. The highest BCUT2D eigenvalue weighted by molar-refractivity contribution is 7.80. The lowest BCUT2D eigenvalue weighted by atomic mass is 9.47. The van der Waals surface area contributed by atoms with Crippen LogP contribution in [0.2, 0.25) is 0 Å². The summed E-state index contributed by atoms with van der Waals surface area (Å²) in [5, 5.41) is 12.0. The normalized spacial score (nSPS) is 43.0. The number of likely N-dealkylation sites (N-methyl/N-ethyl adjacent to an activating group) is 1. The van der Waals surface area contributed by atoms with Crippen molar-refractivity contribution in [3.8, 4) is 0 Å². The molecule has 2 spiro atoms. The minimum Gasteiger partial charge on any atom is -0.468 e. The molecule has 1 N–H and O–H groups in total. The first-order valence-electron chi connectivity index (χ1n) is 21.9. The highest BCUT2D eigenvalue weighted by atomic mass is 32.1. The van der Waals surface area contributed by atoms with Gasteiger partial charge in [0.2, 0.25) is 0 Å². The highest BCUT2D eigenvalue weighted by Crippen LogP contribution is 2.82. The van der Waals surface area contributed by atoms with E-state index in [-0.39, 0.29) is 17.9 Å². The second-order valence-electron chi connectivity index (χ2n) is 19.1. The third kappa shape index (κ3) is 4.81. The molecule has 9 aliphatic rings. The Balaban J connectivity index is 1.24. The molecule has 0 radical (unpaired) electrons. The zero-order chi connectivity index (χ0) is 42.4. The highest BCUT2D eigenvalue weighted by Gasteiger charge is 2.99. The van der Waals surface area contributed by atoms with Crippen molar-refractivity contribution in [2.24, 2.45) is 28.1 Å². The van der Waals surface area contributed by atoms with Crippen molar-refractivity contribution in [1.29, 1.82) is 0 Å². The lowest BCUT2D eigenvalue weighted by molar-refractivity contribution is -0.182. The second-order valence-corrected chi connectivity index (χ2v) is 19.7. The molecule has 1 saturated carbocycles. The molecule has 7 aliphatic heterocycles.